The van der Waals surface area contributed by atoms with Crippen molar-refractivity contribution < 1.29 is 70.3 Å². The van der Waals surface area contributed by atoms with Crippen LogP contribution in [0, 0.1) is 43.8 Å². The summed E-state index contributed by atoms with van der Waals surface area (Å²) in [6, 6.07) is 39.2. The Kier molecular flexibility index (Phi) is 42.0. The number of aliphatic carboxylic acids is 1. The van der Waals surface area contributed by atoms with Gasteiger partial charge in [-0.1, -0.05) is 31.7 Å². The second kappa shape index (κ2) is 48.8. The van der Waals surface area contributed by atoms with Crippen LogP contribution in [-0.4, -0.2) is 124 Å². The van der Waals surface area contributed by atoms with Crippen molar-refractivity contribution in [1.82, 2.24) is 82.0 Å². The third-order valence-electron chi connectivity index (χ3n) is 9.92. The average molecular weight is 1360 g/mol. The van der Waals surface area contributed by atoms with E-state index in [1.54, 1.807) is 116 Å². The molecule has 9 aromatic heterocycles. The molecule has 506 valence electrons. The number of nitrogens with one attached hydrogen (secondary N) is 8. The molecule has 0 atom stereocenters. The molecule has 0 aliphatic carbocycles. The molecule has 2 amide bonds. The van der Waals surface area contributed by atoms with Crippen LogP contribution >= 0.6 is 0 Å². The molecule has 99 heavy (non-hydrogen) atoms. The number of carboxylic acids is 1. The van der Waals surface area contributed by atoms with E-state index in [0.29, 0.717) is 103 Å². The first-order valence-electron chi connectivity index (χ1n) is 26.7. The minimum Gasteiger partial charge on any atom is -0.481 e. The molecule has 2 aliphatic heterocycles. The number of anilines is 4. The van der Waals surface area contributed by atoms with Gasteiger partial charge < -0.3 is 47.5 Å². The number of rotatable bonds is 8. The smallest absolute Gasteiger partial charge is 0.481 e. The van der Waals surface area contributed by atoms with E-state index in [2.05, 4.69) is 118 Å². The maximum atomic E-state index is 11.0. The summed E-state index contributed by atoms with van der Waals surface area (Å²) < 4.78 is 3.97. The molecule has 11 rings (SSSR count). The fourth-order valence-electron chi connectivity index (χ4n) is 6.19. The molecule has 9 aromatic rings. The van der Waals surface area contributed by atoms with E-state index in [0.717, 1.165) is 12.3 Å². The maximum Gasteiger partial charge on any atom is 1.00 e. The Morgan fingerprint density at radius 3 is 1.05 bits per heavy atom. The first kappa shape index (κ1) is 85.1. The van der Waals surface area contributed by atoms with Crippen LogP contribution < -0.4 is 73.4 Å². The number of nitrogen functional groups attached to an aromatic ring is 2. The molecular weight excluding hydrogens is 1300 g/mol. The largest absolute Gasteiger partial charge is 1.00 e. The van der Waals surface area contributed by atoms with Gasteiger partial charge in [0, 0.05) is 60.8 Å². The van der Waals surface area contributed by atoms with Crippen molar-refractivity contribution in [3.8, 4) is 35.2 Å². The molecule has 0 unspecified atom stereocenters. The van der Waals surface area contributed by atoms with Gasteiger partial charge in [0.25, 0.3) is 5.97 Å². The van der Waals surface area contributed by atoms with Crippen molar-refractivity contribution in [1.29, 1.82) is 21.6 Å². The zero-order chi connectivity index (χ0) is 70.5. The number of pyridine rings is 8. The topological polar surface area (TPSA) is 622 Å². The second-order valence-corrected chi connectivity index (χ2v) is 17.3. The Morgan fingerprint density at radius 1 is 0.495 bits per heavy atom. The summed E-state index contributed by atoms with van der Waals surface area (Å²) in [5, 5.41) is 70.9. The number of hydrogen-bond donors (Lipinski definition) is 11. The van der Waals surface area contributed by atoms with Gasteiger partial charge in [-0.3, -0.25) is 75.6 Å². The van der Waals surface area contributed by atoms with E-state index in [1.165, 1.54) is 40.1 Å². The van der Waals surface area contributed by atoms with Crippen molar-refractivity contribution in [3.63, 3.8) is 0 Å². The van der Waals surface area contributed by atoms with Crippen LogP contribution in [0.3, 0.4) is 0 Å². The van der Waals surface area contributed by atoms with E-state index < -0.39 is 17.9 Å². The quantitative estimate of drug-likeness (QED) is 0.0258. The molecule has 0 aromatic carbocycles. The number of nitrogens with zero attached hydrogens (tertiary/aromatic N) is 19. The Morgan fingerprint density at radius 2 is 0.798 bits per heavy atom. The maximum absolute atomic E-state index is 11.0. The zero-order valence-corrected chi connectivity index (χ0v) is 54.5. The number of amides is 2. The molecule has 0 saturated heterocycles. The van der Waals surface area contributed by atoms with E-state index in [-0.39, 0.29) is 55.7 Å². The van der Waals surface area contributed by atoms with Gasteiger partial charge in [-0.15, -0.1) is 25.7 Å². The molecule has 15 N–H and O–H groups in total. The first-order valence-corrected chi connectivity index (χ1v) is 26.7. The molecule has 2 aliphatic rings. The summed E-state index contributed by atoms with van der Waals surface area (Å²) in [6.07, 6.45) is 12.7. The van der Waals surface area contributed by atoms with Crippen molar-refractivity contribution in [2.24, 2.45) is 25.7 Å². The Labute approximate surface area is 586 Å². The van der Waals surface area contributed by atoms with Crippen molar-refractivity contribution in [3.05, 3.63) is 215 Å². The van der Waals surface area contributed by atoms with Gasteiger partial charge in [0.15, 0.2) is 23.3 Å². The minimum absolute atomic E-state index is 0. The van der Waals surface area contributed by atoms with Gasteiger partial charge >= 0.3 is 41.5 Å². The van der Waals surface area contributed by atoms with Crippen LogP contribution in [0.5, 0.6) is 0 Å². The second-order valence-electron chi connectivity index (χ2n) is 17.3. The van der Waals surface area contributed by atoms with Gasteiger partial charge in [-0.05, 0) is 97.1 Å². The number of hydrogen-bond acceptors (Lipinski definition) is 35. The number of ether oxygens (including phenoxy) is 1. The molecule has 0 radical (unpaired) electrons. The van der Waals surface area contributed by atoms with Gasteiger partial charge in [0.1, 0.15) is 57.7 Å². The van der Waals surface area contributed by atoms with Crippen molar-refractivity contribution >= 4 is 75.8 Å². The number of amidine groups is 4. The number of esters is 2. The predicted molar refractivity (Wildman–Crippen MR) is 358 cm³/mol. The number of nitriles is 2. The molecule has 0 spiro atoms. The fraction of sp³-hybridized carbons (Fsp3) is 0.102. The van der Waals surface area contributed by atoms with Crippen LogP contribution in [0.15, 0.2) is 197 Å². The first-order chi connectivity index (χ1) is 46.3. The molecule has 0 saturated carbocycles. The Hall–Kier alpha value is -13.9. The molecule has 40 heteroatoms. The Balaban J connectivity index is 0. The minimum atomic E-state index is -0.833. The summed E-state index contributed by atoms with van der Waals surface area (Å²) in [7, 11) is 0. The van der Waals surface area contributed by atoms with Crippen LogP contribution in [0.1, 0.15) is 77.6 Å². The fourth-order valence-corrected chi connectivity index (χ4v) is 6.19. The molecular formula is C59H64N29NaO10. The summed E-state index contributed by atoms with van der Waals surface area (Å²) in [6.45, 7) is 6.32. The molecule has 0 fully saturated rings. The third kappa shape index (κ3) is 34.6. The van der Waals surface area contributed by atoms with E-state index in [9.17, 15) is 19.2 Å². The van der Waals surface area contributed by atoms with Crippen LogP contribution in [-0.2, 0) is 28.7 Å². The van der Waals surface area contributed by atoms with Crippen LogP contribution in [0.2, 0.25) is 0 Å². The number of carboxylic acid groups (broad SMARTS) is 1. The van der Waals surface area contributed by atoms with Crippen LogP contribution in [0.25, 0.3) is 23.0 Å². The van der Waals surface area contributed by atoms with Gasteiger partial charge in [-0.25, -0.2) is 21.0 Å². The standard InChI is InChI=1S/C14H13N7O.C14H11N7O.C12H11N7.C6H5N3.C6H4N2.C4H6O3.C2H4O2.CH4.H2N2.HNO2.Na.H2O.H2/c2*1-9(22)17-10-5-6-12(16-8-10)14-20-18-13(19-21-14)11-4-2-3-7-15-11;13-8-4-5-10(15-7-8)12-18-16-11(17-19-12)9-3-1-2-6-14-9;7-3-6-2-1-5(8)4-9-6;7-5-6-3-1-2-4-8-6;1-3(5)7-4(2)6;1-2(3)4;;1-2;2-1-3;;;/h2-8H,1H3,(H,17,22)(H,18,19)(H,20,21);2-8H,1H3,(H,17,22);1-7H,13H2,(H,16,17)(H,18,19);1-2,4H,8H2;1-4H;1-2H3;1H3,(H,3,4);1H4;1-2H;(H,2,3);;1H2;1H/q;;;;;;;;;;+1;;/p-1. The number of carbonyl (C=O) groups excluding carboxylic acids is 4. The SMILES string of the molecule is C.CC(=O)Nc1ccc(-c2nnc(-c3ccccn3)nn2)nc1.CC(=O)Nc1ccc(C2=NNC(c3ccccn3)=NN2)nc1.CC(=O)O.CC(=O)OC(C)=O.N#Cc1ccc(N)cn1.N#Cc1ccccn1.N=N.Nc1ccc(C2=NNC(c3ccccn3)=NN2)nc1.O.O=N[O-].[HH].[Na+]. The summed E-state index contributed by atoms with van der Waals surface area (Å²) >= 11 is 0. The van der Waals surface area contributed by atoms with E-state index in [1.807, 2.05) is 54.6 Å². The average Bonchev–Trinajstić information content (AvgIpc) is 0.857. The van der Waals surface area contributed by atoms with Gasteiger partial charge in [0.2, 0.25) is 23.5 Å². The van der Waals surface area contributed by atoms with E-state index in [4.69, 9.17) is 53.1 Å². The summed E-state index contributed by atoms with van der Waals surface area (Å²) in [5.41, 5.74) is 39.3. The Bertz CT molecular complexity index is 4120. The number of hydrazone groups is 4. The normalized spacial score (nSPS) is 10.3. The molecule has 11 heterocycles. The zero-order valence-electron chi connectivity index (χ0n) is 52.5. The van der Waals surface area contributed by atoms with Crippen LogP contribution in [0.4, 0.5) is 22.7 Å². The summed E-state index contributed by atoms with van der Waals surface area (Å²) in [4.78, 5) is 91.0. The van der Waals surface area contributed by atoms with Gasteiger partial charge in [0.05, 0.1) is 47.5 Å². The summed E-state index contributed by atoms with van der Waals surface area (Å²) in [5.74, 6) is 0.476. The predicted octanol–water partition coefficient (Wildman–Crippen LogP) is 1.86. The molecule has 0 bridgehead atoms. The van der Waals surface area contributed by atoms with Crippen molar-refractivity contribution in [2.45, 2.75) is 42.0 Å². The number of carbonyl (C=O) groups is 5. The molecule has 39 nitrogen and oxygen atoms in total. The van der Waals surface area contributed by atoms with Crippen molar-refractivity contribution in [2.75, 3.05) is 22.1 Å². The third-order valence-corrected chi connectivity index (χ3v) is 9.92. The van der Waals surface area contributed by atoms with Gasteiger partial charge in [-0.2, -0.15) is 30.9 Å². The van der Waals surface area contributed by atoms with E-state index >= 15 is 0 Å². The number of aromatic nitrogens is 12. The monoisotopic (exact) mass is 1360 g/mol. The number of nitrogens with two attached hydrogens (primary N) is 2.